The molecule has 1 aromatic rings. The van der Waals surface area contributed by atoms with Crippen molar-refractivity contribution in [3.8, 4) is 0 Å². The van der Waals surface area contributed by atoms with Crippen molar-refractivity contribution < 1.29 is 0 Å². The Bertz CT molecular complexity index is 352. The van der Waals surface area contributed by atoms with Crippen molar-refractivity contribution in [3.05, 3.63) is 35.4 Å². The largest absolute Gasteiger partial charge is 0.311 e. The second kappa shape index (κ2) is 4.77. The predicted molar refractivity (Wildman–Crippen MR) is 70.3 cm³/mol. The van der Waals surface area contributed by atoms with Crippen molar-refractivity contribution in [2.24, 2.45) is 0 Å². The molecular formula is C14H20ClN. The maximum absolute atomic E-state index is 3.71. The first-order valence-corrected chi connectivity index (χ1v) is 6.14. The van der Waals surface area contributed by atoms with Crippen LogP contribution in [0.5, 0.6) is 0 Å². The maximum atomic E-state index is 3.71. The Balaban J connectivity index is 0.000000963. The fourth-order valence-corrected chi connectivity index (χ4v) is 3.36. The zero-order valence-electron chi connectivity index (χ0n) is 9.78. The minimum atomic E-state index is 0. The number of benzene rings is 1. The van der Waals surface area contributed by atoms with Crippen molar-refractivity contribution >= 4 is 12.4 Å². The quantitative estimate of drug-likeness (QED) is 0.789. The van der Waals surface area contributed by atoms with E-state index >= 15 is 0 Å². The molecule has 2 heteroatoms. The minimum Gasteiger partial charge on any atom is -0.311 e. The van der Waals surface area contributed by atoms with Crippen molar-refractivity contribution in [3.63, 3.8) is 0 Å². The first-order valence-electron chi connectivity index (χ1n) is 6.14. The summed E-state index contributed by atoms with van der Waals surface area (Å²) in [6, 6.07) is 10.5. The van der Waals surface area contributed by atoms with Crippen LogP contribution in [-0.2, 0) is 0 Å². The van der Waals surface area contributed by atoms with E-state index in [0.717, 1.165) is 18.0 Å². The van der Waals surface area contributed by atoms with Crippen LogP contribution in [-0.4, -0.2) is 12.1 Å². The van der Waals surface area contributed by atoms with Crippen molar-refractivity contribution in [2.75, 3.05) is 0 Å². The van der Waals surface area contributed by atoms with Gasteiger partial charge in [-0.1, -0.05) is 24.3 Å². The molecule has 16 heavy (non-hydrogen) atoms. The van der Waals surface area contributed by atoms with Crippen LogP contribution >= 0.6 is 12.4 Å². The lowest BCUT2D eigenvalue weighted by molar-refractivity contribution is 0.362. The molecule has 0 radical (unpaired) electrons. The van der Waals surface area contributed by atoms with E-state index in [9.17, 15) is 0 Å². The molecule has 2 bridgehead atoms. The van der Waals surface area contributed by atoms with Gasteiger partial charge in [0.25, 0.3) is 0 Å². The van der Waals surface area contributed by atoms with Gasteiger partial charge in [-0.2, -0.15) is 0 Å². The summed E-state index contributed by atoms with van der Waals surface area (Å²) in [5.41, 5.74) is 3.07. The Hall–Kier alpha value is -0.530. The van der Waals surface area contributed by atoms with E-state index in [4.69, 9.17) is 0 Å². The fourth-order valence-electron chi connectivity index (χ4n) is 3.36. The van der Waals surface area contributed by atoms with Gasteiger partial charge in [-0.3, -0.25) is 0 Å². The van der Waals surface area contributed by atoms with Crippen LogP contribution in [0.2, 0.25) is 0 Å². The molecule has 0 aliphatic carbocycles. The summed E-state index contributed by atoms with van der Waals surface area (Å²) in [6.07, 6.45) is 5.49. The Morgan fingerprint density at radius 3 is 2.31 bits per heavy atom. The average molecular weight is 238 g/mol. The average Bonchev–Trinajstić information content (AvgIpc) is 2.58. The number of aryl methyl sites for hydroxylation is 1. The first kappa shape index (κ1) is 11.9. The van der Waals surface area contributed by atoms with E-state index in [0.29, 0.717) is 0 Å². The number of hydrogen-bond acceptors (Lipinski definition) is 1. The van der Waals surface area contributed by atoms with Gasteiger partial charge in [0.2, 0.25) is 0 Å². The molecule has 1 N–H and O–H groups in total. The molecule has 1 aromatic carbocycles. The minimum absolute atomic E-state index is 0. The smallest absolute Gasteiger partial charge is 0.00760 e. The molecule has 0 aromatic heterocycles. The van der Waals surface area contributed by atoms with Gasteiger partial charge in [0.15, 0.2) is 0 Å². The molecule has 88 valence electrons. The normalized spacial score (nSPS) is 32.2. The van der Waals surface area contributed by atoms with Gasteiger partial charge in [-0.05, 0) is 49.7 Å². The number of piperidine rings is 1. The van der Waals surface area contributed by atoms with Crippen LogP contribution in [0.1, 0.15) is 42.7 Å². The molecule has 0 saturated carbocycles. The summed E-state index contributed by atoms with van der Waals surface area (Å²) in [7, 11) is 0. The van der Waals surface area contributed by atoms with Gasteiger partial charge >= 0.3 is 0 Å². The van der Waals surface area contributed by atoms with Crippen LogP contribution in [0.15, 0.2) is 24.3 Å². The highest BCUT2D eigenvalue weighted by atomic mass is 35.5. The van der Waals surface area contributed by atoms with E-state index in [2.05, 4.69) is 36.5 Å². The van der Waals surface area contributed by atoms with Gasteiger partial charge in [0, 0.05) is 12.1 Å². The van der Waals surface area contributed by atoms with E-state index in [1.807, 2.05) is 0 Å². The molecular weight excluding hydrogens is 218 g/mol. The Labute approximate surface area is 104 Å². The molecule has 0 spiro atoms. The standard InChI is InChI=1S/C14H19N.ClH/c1-10-4-2-3-5-14(10)11-8-12-6-7-13(9-11)15-12;/h2-5,11-13,15H,6-9H2,1H3;1H. The maximum Gasteiger partial charge on any atom is 0.00760 e. The SMILES string of the molecule is Cc1ccccc1C1CC2CCC(C1)N2.Cl. The Morgan fingerprint density at radius 2 is 1.69 bits per heavy atom. The number of rotatable bonds is 1. The fraction of sp³-hybridized carbons (Fsp3) is 0.571. The third-order valence-electron chi connectivity index (χ3n) is 4.10. The van der Waals surface area contributed by atoms with Crippen molar-refractivity contribution in [2.45, 2.75) is 50.6 Å². The Morgan fingerprint density at radius 1 is 1.06 bits per heavy atom. The summed E-state index contributed by atoms with van der Waals surface area (Å²) in [5.74, 6) is 0.810. The summed E-state index contributed by atoms with van der Waals surface area (Å²) in [4.78, 5) is 0. The topological polar surface area (TPSA) is 12.0 Å². The number of hydrogen-bond donors (Lipinski definition) is 1. The highest BCUT2D eigenvalue weighted by Gasteiger charge is 2.34. The molecule has 2 atom stereocenters. The third kappa shape index (κ3) is 2.11. The van der Waals surface area contributed by atoms with E-state index < -0.39 is 0 Å². The number of nitrogens with one attached hydrogen (secondary N) is 1. The lowest BCUT2D eigenvalue weighted by Crippen LogP contribution is -2.37. The van der Waals surface area contributed by atoms with Crippen molar-refractivity contribution in [1.29, 1.82) is 0 Å². The molecule has 2 saturated heterocycles. The van der Waals surface area contributed by atoms with Crippen LogP contribution in [0.25, 0.3) is 0 Å². The van der Waals surface area contributed by atoms with Gasteiger partial charge < -0.3 is 5.32 Å². The summed E-state index contributed by atoms with van der Waals surface area (Å²) in [6.45, 7) is 2.25. The summed E-state index contributed by atoms with van der Waals surface area (Å²) in [5, 5.41) is 3.71. The Kier molecular flexibility index (Phi) is 3.56. The zero-order chi connectivity index (χ0) is 10.3. The molecule has 1 nitrogen and oxygen atoms in total. The summed E-state index contributed by atoms with van der Waals surface area (Å²) < 4.78 is 0. The zero-order valence-corrected chi connectivity index (χ0v) is 10.6. The van der Waals surface area contributed by atoms with Crippen LogP contribution in [0.3, 0.4) is 0 Å². The van der Waals surface area contributed by atoms with Crippen LogP contribution in [0.4, 0.5) is 0 Å². The molecule has 2 fully saturated rings. The van der Waals surface area contributed by atoms with Gasteiger partial charge in [0.1, 0.15) is 0 Å². The van der Waals surface area contributed by atoms with Crippen LogP contribution in [0, 0.1) is 6.92 Å². The highest BCUT2D eigenvalue weighted by Crippen LogP contribution is 2.38. The van der Waals surface area contributed by atoms with Crippen LogP contribution < -0.4 is 5.32 Å². The van der Waals surface area contributed by atoms with Gasteiger partial charge in [-0.15, -0.1) is 12.4 Å². The number of fused-ring (bicyclic) bond motifs is 2. The van der Waals surface area contributed by atoms with E-state index in [1.165, 1.54) is 31.2 Å². The van der Waals surface area contributed by atoms with Gasteiger partial charge in [-0.25, -0.2) is 0 Å². The third-order valence-corrected chi connectivity index (χ3v) is 4.10. The molecule has 2 aliphatic rings. The first-order chi connectivity index (χ1) is 7.33. The lowest BCUT2D eigenvalue weighted by Gasteiger charge is -2.30. The monoisotopic (exact) mass is 237 g/mol. The lowest BCUT2D eigenvalue weighted by atomic mass is 9.84. The molecule has 2 aliphatic heterocycles. The molecule has 2 unspecified atom stereocenters. The second-order valence-corrected chi connectivity index (χ2v) is 5.16. The predicted octanol–water partition coefficient (Wildman–Crippen LogP) is 3.41. The van der Waals surface area contributed by atoms with Crippen molar-refractivity contribution in [1.82, 2.24) is 5.32 Å². The molecule has 2 heterocycles. The molecule has 0 amide bonds. The highest BCUT2D eigenvalue weighted by molar-refractivity contribution is 5.85. The number of halogens is 1. The molecule has 3 rings (SSSR count). The van der Waals surface area contributed by atoms with Gasteiger partial charge in [0.05, 0.1) is 0 Å². The van der Waals surface area contributed by atoms with E-state index in [-0.39, 0.29) is 12.4 Å². The second-order valence-electron chi connectivity index (χ2n) is 5.16. The summed E-state index contributed by atoms with van der Waals surface area (Å²) >= 11 is 0. The van der Waals surface area contributed by atoms with E-state index in [1.54, 1.807) is 5.56 Å².